The maximum Gasteiger partial charge on any atom is 0.219 e. The van der Waals surface area contributed by atoms with Gasteiger partial charge in [-0.1, -0.05) is 18.2 Å². The molecule has 0 atom stereocenters. The third kappa shape index (κ3) is 4.23. The number of methoxy groups -OCH3 is 1. The lowest BCUT2D eigenvalue weighted by atomic mass is 10.1. The molecule has 0 saturated heterocycles. The van der Waals surface area contributed by atoms with E-state index in [-0.39, 0.29) is 30.0 Å². The maximum atomic E-state index is 13.0. The highest BCUT2D eigenvalue weighted by Gasteiger charge is 2.16. The number of para-hydroxylation sites is 1. The number of nitrogens with zero attached hydrogens (tertiary/aromatic N) is 1. The van der Waals surface area contributed by atoms with E-state index in [1.807, 2.05) is 0 Å². The molecule has 3 aromatic rings. The Labute approximate surface area is 150 Å². The summed E-state index contributed by atoms with van der Waals surface area (Å²) in [6.45, 7) is 0.0332. The minimum atomic E-state index is -0.359. The van der Waals surface area contributed by atoms with Crippen LogP contribution in [0.3, 0.4) is 0 Å². The first-order valence-electron chi connectivity index (χ1n) is 7.83. The fourth-order valence-electron chi connectivity index (χ4n) is 2.26. The quantitative estimate of drug-likeness (QED) is 0.470. The number of aromatic nitrogens is 1. The van der Waals surface area contributed by atoms with Crippen LogP contribution >= 0.6 is 0 Å². The van der Waals surface area contributed by atoms with Crippen LogP contribution in [0.4, 0.5) is 4.39 Å². The molecular weight excluding hydrogens is 337 g/mol. The molecule has 0 unspecified atom stereocenters. The molecule has 26 heavy (non-hydrogen) atoms. The molecule has 1 aromatic heterocycles. The van der Waals surface area contributed by atoms with Gasteiger partial charge in [-0.15, -0.1) is 0 Å². The van der Waals surface area contributed by atoms with Gasteiger partial charge < -0.3 is 14.2 Å². The van der Waals surface area contributed by atoms with Crippen molar-refractivity contribution in [1.29, 1.82) is 0 Å². The van der Waals surface area contributed by atoms with Crippen LogP contribution in [-0.2, 0) is 4.74 Å². The zero-order valence-corrected chi connectivity index (χ0v) is 14.0. The first kappa shape index (κ1) is 17.6. The predicted octanol–water partition coefficient (Wildman–Crippen LogP) is 4.23. The van der Waals surface area contributed by atoms with Crippen molar-refractivity contribution in [2.24, 2.45) is 0 Å². The van der Waals surface area contributed by atoms with Crippen molar-refractivity contribution < 1.29 is 23.4 Å². The van der Waals surface area contributed by atoms with Crippen LogP contribution in [-0.4, -0.2) is 24.7 Å². The number of hydrogen-bond acceptors (Lipinski definition) is 5. The molecule has 5 nitrogen and oxygen atoms in total. The van der Waals surface area contributed by atoms with Crippen LogP contribution in [0.25, 0.3) is 0 Å². The second kappa shape index (κ2) is 8.22. The van der Waals surface area contributed by atoms with Crippen molar-refractivity contribution in [2.75, 3.05) is 13.9 Å². The number of rotatable bonds is 7. The van der Waals surface area contributed by atoms with Crippen LogP contribution in [0, 0.1) is 5.82 Å². The van der Waals surface area contributed by atoms with E-state index < -0.39 is 0 Å². The van der Waals surface area contributed by atoms with E-state index in [2.05, 4.69) is 4.98 Å². The Balaban J connectivity index is 1.83. The number of carbonyl (C=O) groups is 1. The summed E-state index contributed by atoms with van der Waals surface area (Å²) in [6.07, 6.45) is 0. The van der Waals surface area contributed by atoms with Gasteiger partial charge in [0.25, 0.3) is 0 Å². The average molecular weight is 353 g/mol. The summed E-state index contributed by atoms with van der Waals surface area (Å²) in [4.78, 5) is 17.0. The first-order valence-corrected chi connectivity index (χ1v) is 7.83. The fraction of sp³-hybridized carbons (Fsp3) is 0.100. The standard InChI is InChI=1S/C20H16FNO4/c1-24-13-25-18-7-3-2-5-16(18)20(23)17-6-4-8-19(22-17)26-15-11-9-14(21)10-12-15/h2-12H,13H2,1H3. The molecule has 0 N–H and O–H groups in total. The monoisotopic (exact) mass is 353 g/mol. The Bertz CT molecular complexity index is 896. The van der Waals surface area contributed by atoms with Gasteiger partial charge in [0.2, 0.25) is 11.7 Å². The summed E-state index contributed by atoms with van der Waals surface area (Å²) >= 11 is 0. The molecule has 0 saturated carbocycles. The Morgan fingerprint density at radius 2 is 1.77 bits per heavy atom. The molecule has 0 bridgehead atoms. The van der Waals surface area contributed by atoms with Crippen molar-refractivity contribution in [3.8, 4) is 17.4 Å². The number of carbonyl (C=O) groups excluding carboxylic acids is 1. The number of ether oxygens (including phenoxy) is 3. The summed E-state index contributed by atoms with van der Waals surface area (Å²) in [5.74, 6) is 0.402. The summed E-state index contributed by atoms with van der Waals surface area (Å²) < 4.78 is 28.9. The van der Waals surface area contributed by atoms with Crippen LogP contribution in [0.15, 0.2) is 66.7 Å². The molecule has 0 fully saturated rings. The van der Waals surface area contributed by atoms with Gasteiger partial charge in [0.05, 0.1) is 5.56 Å². The van der Waals surface area contributed by atoms with Gasteiger partial charge in [-0.3, -0.25) is 4.79 Å². The molecule has 0 aliphatic carbocycles. The lowest BCUT2D eigenvalue weighted by Gasteiger charge is -2.10. The third-order valence-electron chi connectivity index (χ3n) is 3.46. The number of halogens is 1. The number of benzene rings is 2. The highest BCUT2D eigenvalue weighted by atomic mass is 19.1. The van der Waals surface area contributed by atoms with Crippen molar-refractivity contribution in [3.05, 3.63) is 83.8 Å². The minimum Gasteiger partial charge on any atom is -0.467 e. The van der Waals surface area contributed by atoms with Crippen molar-refractivity contribution >= 4 is 5.78 Å². The smallest absolute Gasteiger partial charge is 0.219 e. The molecule has 1 heterocycles. The van der Waals surface area contributed by atoms with Crippen molar-refractivity contribution in [3.63, 3.8) is 0 Å². The van der Waals surface area contributed by atoms with E-state index >= 15 is 0 Å². The van der Waals surface area contributed by atoms with Crippen LogP contribution in [0.5, 0.6) is 17.4 Å². The second-order valence-electron chi connectivity index (χ2n) is 5.29. The van der Waals surface area contributed by atoms with E-state index in [9.17, 15) is 9.18 Å². The molecule has 0 aliphatic heterocycles. The van der Waals surface area contributed by atoms with E-state index in [0.29, 0.717) is 17.1 Å². The zero-order valence-electron chi connectivity index (χ0n) is 14.0. The lowest BCUT2D eigenvalue weighted by molar-refractivity contribution is 0.0503. The van der Waals surface area contributed by atoms with E-state index in [1.54, 1.807) is 42.5 Å². The number of pyridine rings is 1. The highest BCUT2D eigenvalue weighted by molar-refractivity contribution is 6.09. The number of hydrogen-bond donors (Lipinski definition) is 0. The van der Waals surface area contributed by atoms with Gasteiger partial charge in [-0.05, 0) is 42.5 Å². The van der Waals surface area contributed by atoms with Gasteiger partial charge >= 0.3 is 0 Å². The molecular formula is C20H16FNO4. The lowest BCUT2D eigenvalue weighted by Crippen LogP contribution is -2.09. The van der Waals surface area contributed by atoms with Gasteiger partial charge in [0.15, 0.2) is 6.79 Å². The molecule has 0 radical (unpaired) electrons. The van der Waals surface area contributed by atoms with E-state index in [4.69, 9.17) is 14.2 Å². The van der Waals surface area contributed by atoms with Crippen LogP contribution < -0.4 is 9.47 Å². The van der Waals surface area contributed by atoms with Gasteiger partial charge in [0.1, 0.15) is 23.0 Å². The van der Waals surface area contributed by atoms with Gasteiger partial charge in [0, 0.05) is 13.2 Å². The largest absolute Gasteiger partial charge is 0.467 e. The maximum absolute atomic E-state index is 13.0. The summed E-state index contributed by atoms with van der Waals surface area (Å²) in [6, 6.07) is 17.3. The van der Waals surface area contributed by atoms with Crippen LogP contribution in [0.1, 0.15) is 16.1 Å². The minimum absolute atomic E-state index is 0.0332. The zero-order chi connectivity index (χ0) is 18.4. The molecule has 132 valence electrons. The van der Waals surface area contributed by atoms with Crippen molar-refractivity contribution in [2.45, 2.75) is 0 Å². The Morgan fingerprint density at radius 3 is 2.54 bits per heavy atom. The third-order valence-corrected chi connectivity index (χ3v) is 3.46. The van der Waals surface area contributed by atoms with E-state index in [1.165, 1.54) is 31.4 Å². The second-order valence-corrected chi connectivity index (χ2v) is 5.29. The fourth-order valence-corrected chi connectivity index (χ4v) is 2.26. The summed E-state index contributed by atoms with van der Waals surface area (Å²) in [5.41, 5.74) is 0.578. The van der Waals surface area contributed by atoms with Crippen molar-refractivity contribution in [1.82, 2.24) is 4.98 Å². The van der Waals surface area contributed by atoms with Gasteiger partial charge in [-0.25, -0.2) is 9.37 Å². The number of ketones is 1. The molecule has 3 rings (SSSR count). The molecule has 0 amide bonds. The summed E-state index contributed by atoms with van der Waals surface area (Å²) in [5, 5.41) is 0. The topological polar surface area (TPSA) is 57.7 Å². The van der Waals surface area contributed by atoms with Gasteiger partial charge in [-0.2, -0.15) is 0 Å². The summed E-state index contributed by atoms with van der Waals surface area (Å²) in [7, 11) is 1.50. The average Bonchev–Trinajstić information content (AvgIpc) is 2.68. The first-order chi connectivity index (χ1) is 12.7. The van der Waals surface area contributed by atoms with Crippen LogP contribution in [0.2, 0.25) is 0 Å². The highest BCUT2D eigenvalue weighted by Crippen LogP contribution is 2.24. The Hall–Kier alpha value is -3.25. The molecule has 0 spiro atoms. The van der Waals surface area contributed by atoms with E-state index in [0.717, 1.165) is 0 Å². The Kier molecular flexibility index (Phi) is 5.56. The molecule has 2 aromatic carbocycles. The molecule has 6 heteroatoms. The molecule has 0 aliphatic rings. The SMILES string of the molecule is COCOc1ccccc1C(=O)c1cccc(Oc2ccc(F)cc2)n1. The predicted molar refractivity (Wildman–Crippen MR) is 93.1 cm³/mol. The normalized spacial score (nSPS) is 10.4. The Morgan fingerprint density at radius 1 is 1.00 bits per heavy atom.